The maximum Gasteiger partial charge on any atom is 0.423 e. The molecule has 4 rings (SSSR count). The first-order chi connectivity index (χ1) is 14.2. The van der Waals surface area contributed by atoms with Gasteiger partial charge in [0.15, 0.2) is 0 Å². The van der Waals surface area contributed by atoms with E-state index in [1.54, 1.807) is 6.20 Å². The third-order valence-corrected chi connectivity index (χ3v) is 5.28. The van der Waals surface area contributed by atoms with Gasteiger partial charge in [-0.2, -0.15) is 13.2 Å². The van der Waals surface area contributed by atoms with Gasteiger partial charge in [-0.05, 0) is 36.6 Å². The molecular formula is C21H20F3N5O. The smallest absolute Gasteiger partial charge is 0.375 e. The lowest BCUT2D eigenvalue weighted by Crippen LogP contribution is -2.42. The van der Waals surface area contributed by atoms with Gasteiger partial charge in [-0.1, -0.05) is 30.3 Å². The highest BCUT2D eigenvalue weighted by Crippen LogP contribution is 2.40. The fraction of sp³-hybridized carbons (Fsp3) is 0.286. The summed E-state index contributed by atoms with van der Waals surface area (Å²) in [6.07, 6.45) is -0.587. The molecule has 0 amide bonds. The van der Waals surface area contributed by atoms with Crippen molar-refractivity contribution in [2.24, 2.45) is 0 Å². The van der Waals surface area contributed by atoms with Gasteiger partial charge in [0.25, 0.3) is 0 Å². The number of nitrogens with zero attached hydrogens (tertiary/aromatic N) is 4. The van der Waals surface area contributed by atoms with E-state index in [0.29, 0.717) is 0 Å². The van der Waals surface area contributed by atoms with Gasteiger partial charge in [0.2, 0.25) is 5.60 Å². The summed E-state index contributed by atoms with van der Waals surface area (Å²) in [4.78, 5) is 7.48. The summed E-state index contributed by atoms with van der Waals surface area (Å²) in [5, 5.41) is 18.5. The number of hydrogen-bond acceptors (Lipinski definition) is 4. The first kappa shape index (κ1) is 20.1. The first-order valence-electron chi connectivity index (χ1n) is 9.44. The molecule has 0 fully saturated rings. The summed E-state index contributed by atoms with van der Waals surface area (Å²) in [5.41, 5.74) is 1.11. The zero-order chi connectivity index (χ0) is 21.5. The van der Waals surface area contributed by atoms with Gasteiger partial charge < -0.3 is 10.1 Å². The van der Waals surface area contributed by atoms with Crippen LogP contribution in [0, 0.1) is 6.92 Å². The molecule has 0 aliphatic carbocycles. The summed E-state index contributed by atoms with van der Waals surface area (Å²) >= 11 is 0. The SMILES string of the molecule is CCC(O)(c1cn(Cc2cccc3c(-c4ccnc(C)c4)c[nH]c23)nn1)C(F)(F)F. The Morgan fingerprint density at radius 1 is 1.20 bits per heavy atom. The number of aryl methyl sites for hydroxylation is 1. The van der Waals surface area contributed by atoms with E-state index in [9.17, 15) is 18.3 Å². The molecule has 1 aromatic carbocycles. The monoisotopic (exact) mass is 415 g/mol. The molecule has 0 aliphatic rings. The molecule has 1 unspecified atom stereocenters. The fourth-order valence-electron chi connectivity index (χ4n) is 3.57. The van der Waals surface area contributed by atoms with Crippen molar-refractivity contribution in [3.63, 3.8) is 0 Å². The van der Waals surface area contributed by atoms with Crippen molar-refractivity contribution in [2.75, 3.05) is 0 Å². The summed E-state index contributed by atoms with van der Waals surface area (Å²) in [7, 11) is 0. The number of aromatic nitrogens is 5. The van der Waals surface area contributed by atoms with E-state index in [0.717, 1.165) is 39.5 Å². The molecule has 30 heavy (non-hydrogen) atoms. The molecule has 0 bridgehead atoms. The molecule has 0 radical (unpaired) electrons. The van der Waals surface area contributed by atoms with E-state index in [2.05, 4.69) is 20.3 Å². The van der Waals surface area contributed by atoms with Crippen LogP contribution in [0.25, 0.3) is 22.0 Å². The van der Waals surface area contributed by atoms with E-state index < -0.39 is 23.9 Å². The Morgan fingerprint density at radius 2 is 2.00 bits per heavy atom. The standard InChI is InChI=1S/C21H20F3N5O/c1-3-20(30,21(22,23)24)18-12-29(28-27-18)11-15-5-4-6-16-17(10-26-19(15)16)14-7-8-25-13(2)9-14/h4-10,12,26,30H,3,11H2,1-2H3. The van der Waals surface area contributed by atoms with Crippen LogP contribution in [0.3, 0.4) is 0 Å². The molecule has 4 aromatic rings. The molecule has 3 aromatic heterocycles. The summed E-state index contributed by atoms with van der Waals surface area (Å²) in [6.45, 7) is 3.39. The van der Waals surface area contributed by atoms with E-state index in [1.807, 2.05) is 43.5 Å². The molecule has 9 heteroatoms. The number of fused-ring (bicyclic) bond motifs is 1. The van der Waals surface area contributed by atoms with Gasteiger partial charge in [0, 0.05) is 29.0 Å². The lowest BCUT2D eigenvalue weighted by atomic mass is 9.96. The normalized spacial score (nSPS) is 14.2. The lowest BCUT2D eigenvalue weighted by Gasteiger charge is -2.26. The van der Waals surface area contributed by atoms with Crippen LogP contribution < -0.4 is 0 Å². The molecule has 3 heterocycles. The lowest BCUT2D eigenvalue weighted by molar-refractivity contribution is -0.269. The molecule has 156 valence electrons. The molecule has 0 saturated carbocycles. The second-order valence-electron chi connectivity index (χ2n) is 7.24. The molecule has 2 N–H and O–H groups in total. The van der Waals surface area contributed by atoms with Gasteiger partial charge in [0.1, 0.15) is 5.69 Å². The summed E-state index contributed by atoms with van der Waals surface area (Å²) < 4.78 is 41.2. The van der Waals surface area contributed by atoms with Crippen LogP contribution in [-0.4, -0.2) is 36.2 Å². The third-order valence-electron chi connectivity index (χ3n) is 5.28. The Morgan fingerprint density at radius 3 is 2.70 bits per heavy atom. The third kappa shape index (κ3) is 3.35. The van der Waals surface area contributed by atoms with Crippen LogP contribution in [0.5, 0.6) is 0 Å². The van der Waals surface area contributed by atoms with Crippen LogP contribution in [0.15, 0.2) is 48.9 Å². The van der Waals surface area contributed by atoms with Crippen molar-refractivity contribution in [3.8, 4) is 11.1 Å². The fourth-order valence-corrected chi connectivity index (χ4v) is 3.57. The van der Waals surface area contributed by atoms with Gasteiger partial charge in [-0.15, -0.1) is 5.10 Å². The molecule has 0 aliphatic heterocycles. The number of benzene rings is 1. The highest BCUT2D eigenvalue weighted by Gasteiger charge is 2.55. The van der Waals surface area contributed by atoms with Gasteiger partial charge >= 0.3 is 6.18 Å². The number of para-hydroxylation sites is 1. The van der Waals surface area contributed by atoms with E-state index in [-0.39, 0.29) is 6.54 Å². The van der Waals surface area contributed by atoms with Crippen molar-refractivity contribution in [3.05, 3.63) is 65.9 Å². The zero-order valence-corrected chi connectivity index (χ0v) is 16.4. The Kier molecular flexibility index (Phi) is 4.85. The highest BCUT2D eigenvalue weighted by atomic mass is 19.4. The first-order valence-corrected chi connectivity index (χ1v) is 9.44. The minimum Gasteiger partial charge on any atom is -0.375 e. The number of pyridine rings is 1. The van der Waals surface area contributed by atoms with E-state index in [4.69, 9.17) is 0 Å². The Labute approximate surface area is 170 Å². The summed E-state index contributed by atoms with van der Waals surface area (Å²) in [5.74, 6) is 0. The number of rotatable bonds is 5. The Bertz CT molecular complexity index is 1200. The average molecular weight is 415 g/mol. The van der Waals surface area contributed by atoms with Gasteiger partial charge in [-0.3, -0.25) is 4.98 Å². The topological polar surface area (TPSA) is 79.6 Å². The van der Waals surface area contributed by atoms with Crippen LogP contribution >= 0.6 is 0 Å². The predicted octanol–water partition coefficient (Wildman–Crippen LogP) is 4.34. The number of H-pyrrole nitrogens is 1. The van der Waals surface area contributed by atoms with E-state index >= 15 is 0 Å². The van der Waals surface area contributed by atoms with Crippen LogP contribution in [0.2, 0.25) is 0 Å². The van der Waals surface area contributed by atoms with Crippen molar-refractivity contribution in [1.29, 1.82) is 0 Å². The minimum absolute atomic E-state index is 0.206. The maximum absolute atomic E-state index is 13.3. The van der Waals surface area contributed by atoms with Crippen LogP contribution in [0.1, 0.15) is 30.3 Å². The molecule has 0 spiro atoms. The quantitative estimate of drug-likeness (QED) is 0.508. The summed E-state index contributed by atoms with van der Waals surface area (Å²) in [6, 6.07) is 9.65. The number of hydrogen-bond donors (Lipinski definition) is 2. The van der Waals surface area contributed by atoms with Crippen LogP contribution in [0.4, 0.5) is 13.2 Å². The number of halogens is 3. The average Bonchev–Trinajstić information content (AvgIpc) is 3.34. The second-order valence-corrected chi connectivity index (χ2v) is 7.24. The van der Waals surface area contributed by atoms with Gasteiger partial charge in [0.05, 0.1) is 18.3 Å². The molecule has 1 atom stereocenters. The highest BCUT2D eigenvalue weighted by molar-refractivity contribution is 5.97. The van der Waals surface area contributed by atoms with Crippen molar-refractivity contribution in [1.82, 2.24) is 25.0 Å². The maximum atomic E-state index is 13.3. The number of nitrogens with one attached hydrogen (secondary N) is 1. The van der Waals surface area contributed by atoms with Crippen molar-refractivity contribution in [2.45, 2.75) is 38.6 Å². The van der Waals surface area contributed by atoms with Gasteiger partial charge in [-0.25, -0.2) is 4.68 Å². The largest absolute Gasteiger partial charge is 0.423 e. The van der Waals surface area contributed by atoms with Crippen molar-refractivity contribution >= 4 is 10.9 Å². The minimum atomic E-state index is -4.83. The second kappa shape index (κ2) is 7.24. The van der Waals surface area contributed by atoms with E-state index in [1.165, 1.54) is 11.6 Å². The predicted molar refractivity (Wildman–Crippen MR) is 106 cm³/mol. The molecular weight excluding hydrogens is 395 g/mol. The van der Waals surface area contributed by atoms with Crippen molar-refractivity contribution < 1.29 is 18.3 Å². The molecule has 0 saturated heterocycles. The zero-order valence-electron chi connectivity index (χ0n) is 16.4. The number of aromatic amines is 1. The molecule has 6 nitrogen and oxygen atoms in total. The number of alkyl halides is 3. The Balaban J connectivity index is 1.69. The van der Waals surface area contributed by atoms with Crippen LogP contribution in [-0.2, 0) is 12.1 Å². The Hall–Kier alpha value is -3.20. The number of aliphatic hydroxyl groups is 1.